The van der Waals surface area contributed by atoms with E-state index in [-0.39, 0.29) is 24.5 Å². The molecule has 0 spiro atoms. The van der Waals surface area contributed by atoms with Gasteiger partial charge in [0.05, 0.1) is 23.4 Å². The van der Waals surface area contributed by atoms with E-state index in [9.17, 15) is 9.59 Å². The van der Waals surface area contributed by atoms with Crippen LogP contribution >= 0.6 is 11.3 Å². The van der Waals surface area contributed by atoms with Crippen LogP contribution < -0.4 is 5.32 Å². The first-order valence-electron chi connectivity index (χ1n) is 7.84. The summed E-state index contributed by atoms with van der Waals surface area (Å²) in [4.78, 5) is 32.1. The molecular weight excluding hydrogens is 300 g/mol. The Morgan fingerprint density at radius 3 is 2.95 bits per heavy atom. The first-order valence-corrected chi connectivity index (χ1v) is 8.72. The third kappa shape index (κ3) is 3.40. The Labute approximate surface area is 134 Å². The van der Waals surface area contributed by atoms with E-state index in [1.807, 2.05) is 12.3 Å². The van der Waals surface area contributed by atoms with Gasteiger partial charge in [0.25, 0.3) is 0 Å². The fourth-order valence-electron chi connectivity index (χ4n) is 2.54. The third-order valence-corrected chi connectivity index (χ3v) is 5.15. The zero-order chi connectivity index (χ0) is 15.7. The lowest BCUT2D eigenvalue weighted by atomic mass is 10.2. The van der Waals surface area contributed by atoms with Crippen molar-refractivity contribution in [2.24, 2.45) is 5.92 Å². The summed E-state index contributed by atoms with van der Waals surface area (Å²) < 4.78 is 0. The maximum absolute atomic E-state index is 12.3. The molecule has 0 aromatic carbocycles. The van der Waals surface area contributed by atoms with E-state index in [4.69, 9.17) is 0 Å². The van der Waals surface area contributed by atoms with E-state index >= 15 is 0 Å². The van der Waals surface area contributed by atoms with Gasteiger partial charge in [-0.3, -0.25) is 9.69 Å². The second-order valence-corrected chi connectivity index (χ2v) is 7.03. The summed E-state index contributed by atoms with van der Waals surface area (Å²) in [6.07, 6.45) is 3.31. The Balaban J connectivity index is 1.54. The summed E-state index contributed by atoms with van der Waals surface area (Å²) in [5.41, 5.74) is 0.885. The number of amides is 3. The van der Waals surface area contributed by atoms with Gasteiger partial charge in [-0.05, 0) is 32.1 Å². The lowest BCUT2D eigenvalue weighted by Crippen LogP contribution is -2.40. The van der Waals surface area contributed by atoms with Crippen molar-refractivity contribution in [2.45, 2.75) is 39.2 Å². The molecule has 0 bridgehead atoms. The van der Waals surface area contributed by atoms with Crippen LogP contribution in [0, 0.1) is 5.92 Å². The van der Waals surface area contributed by atoms with Crippen LogP contribution in [0.2, 0.25) is 0 Å². The minimum absolute atomic E-state index is 0.0524. The van der Waals surface area contributed by atoms with E-state index in [1.165, 1.54) is 12.8 Å². The Kier molecular flexibility index (Phi) is 4.33. The van der Waals surface area contributed by atoms with Crippen LogP contribution in [0.4, 0.5) is 4.79 Å². The second-order valence-electron chi connectivity index (χ2n) is 6.09. The molecule has 0 radical (unpaired) electrons. The number of carbonyl (C=O) groups is 2. The van der Waals surface area contributed by atoms with Crippen molar-refractivity contribution in [1.82, 2.24) is 20.1 Å². The van der Waals surface area contributed by atoms with E-state index in [0.717, 1.165) is 23.7 Å². The Hall–Kier alpha value is -1.63. The molecule has 1 aromatic rings. The zero-order valence-corrected chi connectivity index (χ0v) is 13.9. The van der Waals surface area contributed by atoms with Crippen molar-refractivity contribution >= 4 is 23.3 Å². The molecule has 2 fully saturated rings. The highest BCUT2D eigenvalue weighted by molar-refractivity contribution is 7.09. The second kappa shape index (κ2) is 6.24. The first kappa shape index (κ1) is 15.3. The van der Waals surface area contributed by atoms with Gasteiger partial charge in [0.2, 0.25) is 5.91 Å². The topological polar surface area (TPSA) is 65.5 Å². The highest BCUT2D eigenvalue weighted by atomic mass is 32.1. The van der Waals surface area contributed by atoms with Gasteiger partial charge in [-0.15, -0.1) is 11.3 Å². The summed E-state index contributed by atoms with van der Waals surface area (Å²) in [7, 11) is 0. The van der Waals surface area contributed by atoms with Gasteiger partial charge in [-0.2, -0.15) is 0 Å². The predicted molar refractivity (Wildman–Crippen MR) is 84.4 cm³/mol. The molecule has 3 rings (SSSR count). The van der Waals surface area contributed by atoms with Crippen molar-refractivity contribution < 1.29 is 9.59 Å². The van der Waals surface area contributed by atoms with Crippen molar-refractivity contribution in [3.05, 3.63) is 16.1 Å². The molecule has 1 aromatic heterocycles. The van der Waals surface area contributed by atoms with Crippen LogP contribution in [-0.4, -0.2) is 46.5 Å². The van der Waals surface area contributed by atoms with E-state index in [2.05, 4.69) is 17.2 Å². The summed E-state index contributed by atoms with van der Waals surface area (Å²) in [5.74, 6) is 0.699. The average Bonchev–Trinajstić information content (AvgIpc) is 3.04. The lowest BCUT2D eigenvalue weighted by Gasteiger charge is -2.20. The summed E-state index contributed by atoms with van der Waals surface area (Å²) in [5, 5.41) is 5.99. The van der Waals surface area contributed by atoms with Crippen LogP contribution in [0.3, 0.4) is 0 Å². The molecule has 1 saturated carbocycles. The monoisotopic (exact) mass is 322 g/mol. The number of nitrogens with zero attached hydrogens (tertiary/aromatic N) is 3. The molecule has 2 heterocycles. The number of rotatable bonds is 5. The summed E-state index contributed by atoms with van der Waals surface area (Å²) in [6, 6.07) is -0.332. The minimum Gasteiger partial charge on any atom is -0.330 e. The number of carbonyl (C=O) groups excluding carboxylic acids is 2. The van der Waals surface area contributed by atoms with E-state index in [0.29, 0.717) is 12.6 Å². The van der Waals surface area contributed by atoms with Crippen molar-refractivity contribution in [2.75, 3.05) is 19.8 Å². The van der Waals surface area contributed by atoms with Gasteiger partial charge in [0.1, 0.15) is 6.54 Å². The molecule has 120 valence electrons. The first-order chi connectivity index (χ1) is 10.6. The maximum atomic E-state index is 12.3. The van der Waals surface area contributed by atoms with Crippen LogP contribution in [0.25, 0.3) is 0 Å². The predicted octanol–water partition coefficient (Wildman–Crippen LogP) is 1.99. The van der Waals surface area contributed by atoms with Gasteiger partial charge < -0.3 is 10.2 Å². The number of hydrogen-bond acceptors (Lipinski definition) is 4. The van der Waals surface area contributed by atoms with Crippen LogP contribution in [0.1, 0.15) is 43.4 Å². The van der Waals surface area contributed by atoms with Crippen molar-refractivity contribution in [3.63, 3.8) is 0 Å². The molecule has 1 N–H and O–H groups in total. The standard InChI is InChI=1S/C15H22N4O2S/c1-3-13-17-12(8-22-13)10(2)16-15(21)19-7-14(20)18(9-19)6-11-4-5-11/h8,10-11H,3-7,9H2,1-2H3,(H,16,21). The highest BCUT2D eigenvalue weighted by Crippen LogP contribution is 2.30. The number of urea groups is 1. The summed E-state index contributed by atoms with van der Waals surface area (Å²) in [6.45, 7) is 5.38. The molecule has 2 aliphatic rings. The van der Waals surface area contributed by atoms with Crippen LogP contribution in [0.15, 0.2) is 5.38 Å². The SMILES string of the molecule is CCc1nc(C(C)NC(=O)N2CC(=O)N(CC3CC3)C2)cs1. The van der Waals surface area contributed by atoms with Gasteiger partial charge in [0.15, 0.2) is 0 Å². The molecule has 1 aliphatic carbocycles. The number of nitrogens with one attached hydrogen (secondary N) is 1. The highest BCUT2D eigenvalue weighted by Gasteiger charge is 2.35. The smallest absolute Gasteiger partial charge is 0.319 e. The Bertz CT molecular complexity index is 570. The molecule has 1 aliphatic heterocycles. The molecule has 1 atom stereocenters. The van der Waals surface area contributed by atoms with Crippen molar-refractivity contribution in [1.29, 1.82) is 0 Å². The molecule has 3 amide bonds. The van der Waals surface area contributed by atoms with Gasteiger partial charge in [0, 0.05) is 11.9 Å². The molecule has 1 saturated heterocycles. The Morgan fingerprint density at radius 1 is 1.55 bits per heavy atom. The molecule has 7 heteroatoms. The maximum Gasteiger partial charge on any atom is 0.319 e. The van der Waals surface area contributed by atoms with Crippen molar-refractivity contribution in [3.8, 4) is 0 Å². The quantitative estimate of drug-likeness (QED) is 0.901. The number of thiazole rings is 1. The molecule has 1 unspecified atom stereocenters. The number of aryl methyl sites for hydroxylation is 1. The fourth-order valence-corrected chi connectivity index (χ4v) is 3.38. The normalized spacial score (nSPS) is 19.6. The lowest BCUT2D eigenvalue weighted by molar-refractivity contribution is -0.126. The van der Waals surface area contributed by atoms with Crippen LogP contribution in [0.5, 0.6) is 0 Å². The fraction of sp³-hybridized carbons (Fsp3) is 0.667. The third-order valence-electron chi connectivity index (χ3n) is 4.14. The van der Waals surface area contributed by atoms with Gasteiger partial charge >= 0.3 is 6.03 Å². The van der Waals surface area contributed by atoms with E-state index in [1.54, 1.807) is 21.1 Å². The number of hydrogen-bond donors (Lipinski definition) is 1. The van der Waals surface area contributed by atoms with Gasteiger partial charge in [-0.1, -0.05) is 6.92 Å². The number of aromatic nitrogens is 1. The molecule has 22 heavy (non-hydrogen) atoms. The summed E-state index contributed by atoms with van der Waals surface area (Å²) >= 11 is 1.61. The molecule has 6 nitrogen and oxygen atoms in total. The van der Waals surface area contributed by atoms with E-state index < -0.39 is 0 Å². The zero-order valence-electron chi connectivity index (χ0n) is 13.0. The van der Waals surface area contributed by atoms with Crippen LogP contribution in [-0.2, 0) is 11.2 Å². The average molecular weight is 322 g/mol. The largest absolute Gasteiger partial charge is 0.330 e. The minimum atomic E-state index is -0.190. The Morgan fingerprint density at radius 2 is 2.32 bits per heavy atom. The molecular formula is C15H22N4O2S. The van der Waals surface area contributed by atoms with Gasteiger partial charge in [-0.25, -0.2) is 9.78 Å².